The summed E-state index contributed by atoms with van der Waals surface area (Å²) in [6.07, 6.45) is 2.42. The van der Waals surface area contributed by atoms with E-state index in [9.17, 15) is 0 Å². The van der Waals surface area contributed by atoms with E-state index in [2.05, 4.69) is 50.3 Å². The van der Waals surface area contributed by atoms with Crippen molar-refractivity contribution < 1.29 is 0 Å². The van der Waals surface area contributed by atoms with Crippen LogP contribution < -0.4 is 5.32 Å². The number of likely N-dealkylation sites (N-methyl/N-ethyl adjacent to an activating group) is 1. The average Bonchev–Trinajstić information content (AvgIpc) is 2.32. The SMILES string of the molecule is CC(C)C(CN(C)C)NC1CC(c2ccccc2Cl)C1. The van der Waals surface area contributed by atoms with Gasteiger partial charge in [0, 0.05) is 23.7 Å². The Hall–Kier alpha value is -0.570. The third-order valence-corrected chi connectivity index (χ3v) is 4.64. The van der Waals surface area contributed by atoms with Crippen LogP contribution in [0.15, 0.2) is 24.3 Å². The molecule has 0 spiro atoms. The molecule has 2 nitrogen and oxygen atoms in total. The molecule has 1 aliphatic carbocycles. The highest BCUT2D eigenvalue weighted by molar-refractivity contribution is 6.31. The molecule has 1 unspecified atom stereocenters. The van der Waals surface area contributed by atoms with Crippen molar-refractivity contribution in [3.8, 4) is 0 Å². The van der Waals surface area contributed by atoms with E-state index in [-0.39, 0.29) is 0 Å². The summed E-state index contributed by atoms with van der Waals surface area (Å²) in [5, 5.41) is 4.74. The van der Waals surface area contributed by atoms with Crippen molar-refractivity contribution in [3.05, 3.63) is 34.9 Å². The van der Waals surface area contributed by atoms with E-state index in [1.807, 2.05) is 12.1 Å². The summed E-state index contributed by atoms with van der Waals surface area (Å²) in [5.74, 6) is 1.30. The fraction of sp³-hybridized carbons (Fsp3) is 0.647. The van der Waals surface area contributed by atoms with Crippen molar-refractivity contribution in [1.82, 2.24) is 10.2 Å². The third kappa shape index (κ3) is 3.97. The van der Waals surface area contributed by atoms with Gasteiger partial charge in [0.25, 0.3) is 0 Å². The van der Waals surface area contributed by atoms with Gasteiger partial charge in [0.15, 0.2) is 0 Å². The minimum atomic E-state index is 0.571. The predicted molar refractivity (Wildman–Crippen MR) is 87.5 cm³/mol. The molecule has 3 heteroatoms. The van der Waals surface area contributed by atoms with Crippen LogP contribution in [-0.2, 0) is 0 Å². The summed E-state index contributed by atoms with van der Waals surface area (Å²) in [7, 11) is 4.29. The normalized spacial score (nSPS) is 23.9. The molecule has 1 N–H and O–H groups in total. The first-order chi connectivity index (χ1) is 9.47. The molecule has 1 aliphatic rings. The van der Waals surface area contributed by atoms with E-state index in [0.29, 0.717) is 23.9 Å². The van der Waals surface area contributed by atoms with Gasteiger partial charge in [-0.25, -0.2) is 0 Å². The van der Waals surface area contributed by atoms with Crippen molar-refractivity contribution in [1.29, 1.82) is 0 Å². The molecule has 0 aromatic heterocycles. The first-order valence-electron chi connectivity index (χ1n) is 7.62. The molecule has 0 aliphatic heterocycles. The fourth-order valence-electron chi connectivity index (χ4n) is 2.97. The zero-order chi connectivity index (χ0) is 14.7. The van der Waals surface area contributed by atoms with Crippen LogP contribution in [-0.4, -0.2) is 37.6 Å². The maximum absolute atomic E-state index is 6.28. The monoisotopic (exact) mass is 294 g/mol. The lowest BCUT2D eigenvalue weighted by Crippen LogP contribution is -2.51. The lowest BCUT2D eigenvalue weighted by atomic mass is 9.75. The van der Waals surface area contributed by atoms with Crippen LogP contribution in [0.4, 0.5) is 0 Å². The van der Waals surface area contributed by atoms with Crippen LogP contribution in [0.2, 0.25) is 5.02 Å². The average molecular weight is 295 g/mol. The van der Waals surface area contributed by atoms with Gasteiger partial charge < -0.3 is 10.2 Å². The van der Waals surface area contributed by atoms with Crippen LogP contribution in [0.25, 0.3) is 0 Å². The molecule has 112 valence electrons. The van der Waals surface area contributed by atoms with Crippen LogP contribution in [0.1, 0.15) is 38.2 Å². The molecule has 1 aromatic rings. The summed E-state index contributed by atoms with van der Waals surface area (Å²) < 4.78 is 0. The number of hydrogen-bond donors (Lipinski definition) is 1. The second-order valence-corrected chi connectivity index (χ2v) is 7.07. The van der Waals surface area contributed by atoms with Crippen LogP contribution in [0.5, 0.6) is 0 Å². The Labute approximate surface area is 128 Å². The third-order valence-electron chi connectivity index (χ3n) is 4.30. The minimum Gasteiger partial charge on any atom is -0.310 e. The maximum atomic E-state index is 6.28. The number of hydrogen-bond acceptors (Lipinski definition) is 2. The predicted octanol–water partition coefficient (Wildman–Crippen LogP) is 3.76. The molecule has 0 saturated heterocycles. The van der Waals surface area contributed by atoms with E-state index in [0.717, 1.165) is 11.6 Å². The van der Waals surface area contributed by atoms with Gasteiger partial charge in [-0.1, -0.05) is 43.6 Å². The molecule has 0 amide bonds. The molecule has 1 fully saturated rings. The van der Waals surface area contributed by atoms with E-state index < -0.39 is 0 Å². The van der Waals surface area contributed by atoms with Gasteiger partial charge in [0.2, 0.25) is 0 Å². The Morgan fingerprint density at radius 3 is 2.45 bits per heavy atom. The van der Waals surface area contributed by atoms with Gasteiger partial charge in [-0.2, -0.15) is 0 Å². The largest absolute Gasteiger partial charge is 0.310 e. The molecule has 1 atom stereocenters. The van der Waals surface area contributed by atoms with Crippen molar-refractivity contribution in [2.24, 2.45) is 5.92 Å². The van der Waals surface area contributed by atoms with E-state index in [1.165, 1.54) is 18.4 Å². The number of nitrogens with one attached hydrogen (secondary N) is 1. The highest BCUT2D eigenvalue weighted by Gasteiger charge is 2.33. The Bertz CT molecular complexity index is 425. The number of nitrogens with zero attached hydrogens (tertiary/aromatic N) is 1. The summed E-state index contributed by atoms with van der Waals surface area (Å²) in [6, 6.07) is 9.48. The summed E-state index contributed by atoms with van der Waals surface area (Å²) in [6.45, 7) is 5.70. The Kier molecular flexibility index (Phi) is 5.48. The Balaban J connectivity index is 1.85. The molecular formula is C17H27ClN2. The summed E-state index contributed by atoms with van der Waals surface area (Å²) in [4.78, 5) is 2.27. The molecule has 0 radical (unpaired) electrons. The minimum absolute atomic E-state index is 0.571. The van der Waals surface area contributed by atoms with Crippen LogP contribution in [0, 0.1) is 5.92 Å². The molecular weight excluding hydrogens is 268 g/mol. The smallest absolute Gasteiger partial charge is 0.0440 e. The fourth-order valence-corrected chi connectivity index (χ4v) is 3.26. The number of benzene rings is 1. The maximum Gasteiger partial charge on any atom is 0.0440 e. The molecule has 1 aromatic carbocycles. The van der Waals surface area contributed by atoms with E-state index in [4.69, 9.17) is 11.6 Å². The number of halogens is 1. The Morgan fingerprint density at radius 2 is 1.90 bits per heavy atom. The van der Waals surface area contributed by atoms with Crippen molar-refractivity contribution in [3.63, 3.8) is 0 Å². The van der Waals surface area contributed by atoms with Crippen LogP contribution >= 0.6 is 11.6 Å². The van der Waals surface area contributed by atoms with Gasteiger partial charge in [-0.05, 0) is 50.4 Å². The van der Waals surface area contributed by atoms with Gasteiger partial charge in [-0.15, -0.1) is 0 Å². The van der Waals surface area contributed by atoms with Crippen LogP contribution in [0.3, 0.4) is 0 Å². The van der Waals surface area contributed by atoms with E-state index in [1.54, 1.807) is 0 Å². The molecule has 2 rings (SSSR count). The first-order valence-corrected chi connectivity index (χ1v) is 8.00. The van der Waals surface area contributed by atoms with Crippen molar-refractivity contribution >= 4 is 11.6 Å². The molecule has 20 heavy (non-hydrogen) atoms. The van der Waals surface area contributed by atoms with Gasteiger partial charge in [-0.3, -0.25) is 0 Å². The standard InChI is InChI=1S/C17H27ClN2/c1-12(2)17(11-20(3)4)19-14-9-13(10-14)15-7-5-6-8-16(15)18/h5-8,12-14,17,19H,9-11H2,1-4H3. The number of rotatable bonds is 6. The highest BCUT2D eigenvalue weighted by Crippen LogP contribution is 2.40. The molecule has 0 bridgehead atoms. The Morgan fingerprint density at radius 1 is 1.25 bits per heavy atom. The quantitative estimate of drug-likeness (QED) is 0.859. The summed E-state index contributed by atoms with van der Waals surface area (Å²) in [5.41, 5.74) is 1.32. The molecule has 1 saturated carbocycles. The van der Waals surface area contributed by atoms with Crippen molar-refractivity contribution in [2.45, 2.75) is 44.7 Å². The lowest BCUT2D eigenvalue weighted by molar-refractivity contribution is 0.210. The first kappa shape index (κ1) is 15.8. The zero-order valence-electron chi connectivity index (χ0n) is 13.1. The lowest BCUT2D eigenvalue weighted by Gasteiger charge is -2.40. The van der Waals surface area contributed by atoms with Crippen molar-refractivity contribution in [2.75, 3.05) is 20.6 Å². The summed E-state index contributed by atoms with van der Waals surface area (Å²) >= 11 is 6.28. The van der Waals surface area contributed by atoms with Gasteiger partial charge in [0.1, 0.15) is 0 Å². The molecule has 0 heterocycles. The second kappa shape index (κ2) is 6.93. The second-order valence-electron chi connectivity index (χ2n) is 6.67. The van der Waals surface area contributed by atoms with Gasteiger partial charge in [0.05, 0.1) is 0 Å². The van der Waals surface area contributed by atoms with Gasteiger partial charge >= 0.3 is 0 Å². The highest BCUT2D eigenvalue weighted by atomic mass is 35.5. The topological polar surface area (TPSA) is 15.3 Å². The zero-order valence-corrected chi connectivity index (χ0v) is 13.8. The van der Waals surface area contributed by atoms with E-state index >= 15 is 0 Å².